The molecule has 3 aromatic carbocycles. The van der Waals surface area contributed by atoms with Crippen molar-refractivity contribution in [2.75, 3.05) is 22.6 Å². The average Bonchev–Trinajstić information content (AvgIpc) is 2.73. The smallest absolute Gasteiger partial charge is 0.232 e. The molecule has 5 heteroatoms. The number of nitrogens with zero attached hydrogens (tertiary/aromatic N) is 1. The third kappa shape index (κ3) is 3.47. The lowest BCUT2D eigenvalue weighted by molar-refractivity contribution is -0.123. The third-order valence-corrected chi connectivity index (χ3v) is 4.98. The Kier molecular flexibility index (Phi) is 4.81. The zero-order chi connectivity index (χ0) is 19.5. The molecule has 1 aliphatic heterocycles. The Morgan fingerprint density at radius 2 is 1.64 bits per heavy atom. The van der Waals surface area contributed by atoms with Crippen LogP contribution in [0, 0.1) is 0 Å². The second-order valence-electron chi connectivity index (χ2n) is 6.79. The molecule has 28 heavy (non-hydrogen) atoms. The van der Waals surface area contributed by atoms with Gasteiger partial charge in [0.25, 0.3) is 0 Å². The van der Waals surface area contributed by atoms with Gasteiger partial charge in [0.2, 0.25) is 11.8 Å². The minimum atomic E-state index is -0.514. The van der Waals surface area contributed by atoms with Gasteiger partial charge < -0.3 is 15.5 Å². The van der Waals surface area contributed by atoms with Crippen molar-refractivity contribution in [3.8, 4) is 0 Å². The van der Waals surface area contributed by atoms with E-state index in [2.05, 4.69) is 10.6 Å². The van der Waals surface area contributed by atoms with E-state index in [0.717, 1.165) is 16.9 Å². The molecule has 140 valence electrons. The Morgan fingerprint density at radius 3 is 2.46 bits per heavy atom. The van der Waals surface area contributed by atoms with Crippen LogP contribution in [0.5, 0.6) is 0 Å². The van der Waals surface area contributed by atoms with Crippen molar-refractivity contribution in [2.24, 2.45) is 0 Å². The molecule has 5 nitrogen and oxygen atoms in total. The van der Waals surface area contributed by atoms with Crippen molar-refractivity contribution in [3.05, 3.63) is 84.4 Å². The highest BCUT2D eigenvalue weighted by Crippen LogP contribution is 2.35. The van der Waals surface area contributed by atoms with Gasteiger partial charge in [-0.25, -0.2) is 0 Å². The summed E-state index contributed by atoms with van der Waals surface area (Å²) in [6, 6.07) is 25.1. The molecular formula is C23H21N3O2. The zero-order valence-corrected chi connectivity index (χ0v) is 15.6. The van der Waals surface area contributed by atoms with E-state index < -0.39 is 5.92 Å². The first-order chi connectivity index (χ1) is 13.6. The van der Waals surface area contributed by atoms with Gasteiger partial charge in [-0.1, -0.05) is 48.5 Å². The van der Waals surface area contributed by atoms with E-state index in [1.54, 1.807) is 0 Å². The Labute approximate surface area is 164 Å². The minimum Gasteiger partial charge on any atom is -0.343 e. The third-order valence-electron chi connectivity index (χ3n) is 4.98. The van der Waals surface area contributed by atoms with Crippen LogP contribution in [0.15, 0.2) is 78.9 Å². The summed E-state index contributed by atoms with van der Waals surface area (Å²) in [7, 11) is 1.96. The molecule has 0 aliphatic carbocycles. The molecule has 0 saturated carbocycles. The summed E-state index contributed by atoms with van der Waals surface area (Å²) in [6.07, 6.45) is 0.138. The van der Waals surface area contributed by atoms with E-state index in [1.165, 1.54) is 0 Å². The van der Waals surface area contributed by atoms with Crippen molar-refractivity contribution in [3.63, 3.8) is 0 Å². The maximum atomic E-state index is 13.1. The van der Waals surface area contributed by atoms with Crippen molar-refractivity contribution in [2.45, 2.75) is 12.3 Å². The number of para-hydroxylation sites is 4. The van der Waals surface area contributed by atoms with Gasteiger partial charge >= 0.3 is 0 Å². The molecule has 0 spiro atoms. The fraction of sp³-hybridized carbons (Fsp3) is 0.130. The maximum Gasteiger partial charge on any atom is 0.232 e. The number of benzene rings is 3. The van der Waals surface area contributed by atoms with Gasteiger partial charge in [0.1, 0.15) is 0 Å². The molecule has 2 amide bonds. The molecule has 1 aliphatic rings. The van der Waals surface area contributed by atoms with E-state index in [-0.39, 0.29) is 18.2 Å². The largest absolute Gasteiger partial charge is 0.343 e. The van der Waals surface area contributed by atoms with Crippen LogP contribution in [0.1, 0.15) is 17.9 Å². The fourth-order valence-corrected chi connectivity index (χ4v) is 3.53. The minimum absolute atomic E-state index is 0.138. The molecule has 4 rings (SSSR count). The van der Waals surface area contributed by atoms with E-state index >= 15 is 0 Å². The SMILES string of the molecule is CN(c1ccccc1)c1ccccc1NC(=O)C1CC(=O)Nc2ccccc21. The number of anilines is 4. The molecule has 0 bridgehead atoms. The van der Waals surface area contributed by atoms with Gasteiger partial charge in [-0.05, 0) is 35.9 Å². The van der Waals surface area contributed by atoms with Gasteiger partial charge in [-0.2, -0.15) is 0 Å². The van der Waals surface area contributed by atoms with Crippen LogP contribution >= 0.6 is 0 Å². The van der Waals surface area contributed by atoms with Crippen LogP contribution in [0.4, 0.5) is 22.7 Å². The van der Waals surface area contributed by atoms with Crippen molar-refractivity contribution in [1.29, 1.82) is 0 Å². The zero-order valence-electron chi connectivity index (χ0n) is 15.6. The predicted octanol–water partition coefficient (Wildman–Crippen LogP) is 4.52. The fourth-order valence-electron chi connectivity index (χ4n) is 3.53. The lowest BCUT2D eigenvalue weighted by atomic mass is 9.89. The number of amides is 2. The molecule has 1 unspecified atom stereocenters. The quantitative estimate of drug-likeness (QED) is 0.709. The van der Waals surface area contributed by atoms with Gasteiger partial charge in [0.15, 0.2) is 0 Å². The van der Waals surface area contributed by atoms with E-state index in [9.17, 15) is 9.59 Å². The maximum absolute atomic E-state index is 13.1. The Morgan fingerprint density at radius 1 is 0.964 bits per heavy atom. The number of carbonyl (C=O) groups is 2. The highest BCUT2D eigenvalue weighted by Gasteiger charge is 2.30. The summed E-state index contributed by atoms with van der Waals surface area (Å²) >= 11 is 0. The number of nitrogens with one attached hydrogen (secondary N) is 2. The van der Waals surface area contributed by atoms with E-state index in [1.807, 2.05) is 90.8 Å². The van der Waals surface area contributed by atoms with Crippen molar-refractivity contribution in [1.82, 2.24) is 0 Å². The summed E-state index contributed by atoms with van der Waals surface area (Å²) in [5.74, 6) is -0.843. The molecule has 0 saturated heterocycles. The highest BCUT2D eigenvalue weighted by molar-refractivity contribution is 6.06. The van der Waals surface area contributed by atoms with Crippen molar-refractivity contribution < 1.29 is 9.59 Å². The number of hydrogen-bond donors (Lipinski definition) is 2. The molecule has 0 fully saturated rings. The van der Waals surface area contributed by atoms with Gasteiger partial charge in [0, 0.05) is 24.8 Å². The Balaban J connectivity index is 1.62. The molecule has 2 N–H and O–H groups in total. The second kappa shape index (κ2) is 7.56. The van der Waals surface area contributed by atoms with Crippen LogP contribution in [-0.2, 0) is 9.59 Å². The summed E-state index contributed by atoms with van der Waals surface area (Å²) in [5, 5.41) is 5.86. The van der Waals surface area contributed by atoms with Crippen molar-refractivity contribution >= 4 is 34.6 Å². The second-order valence-corrected chi connectivity index (χ2v) is 6.79. The molecule has 0 aromatic heterocycles. The normalized spacial score (nSPS) is 15.3. The standard InChI is InChI=1S/C23H21N3O2/c1-26(16-9-3-2-4-10-16)21-14-8-7-13-20(21)25-23(28)18-15-22(27)24-19-12-6-5-11-17(18)19/h2-14,18H,15H2,1H3,(H,24,27)(H,25,28). The Hall–Kier alpha value is -3.60. The molecule has 1 atom stereocenters. The highest BCUT2D eigenvalue weighted by atomic mass is 16.2. The van der Waals surface area contributed by atoms with Crippen LogP contribution in [0.2, 0.25) is 0 Å². The van der Waals surface area contributed by atoms with Crippen LogP contribution in [0.3, 0.4) is 0 Å². The molecule has 3 aromatic rings. The van der Waals surface area contributed by atoms with Gasteiger partial charge in [0.05, 0.1) is 17.3 Å². The van der Waals surface area contributed by atoms with Gasteiger partial charge in [-0.3, -0.25) is 9.59 Å². The number of fused-ring (bicyclic) bond motifs is 1. The predicted molar refractivity (Wildman–Crippen MR) is 112 cm³/mol. The average molecular weight is 371 g/mol. The number of rotatable bonds is 4. The molecule has 1 heterocycles. The summed E-state index contributed by atoms with van der Waals surface area (Å²) in [4.78, 5) is 27.2. The lowest BCUT2D eigenvalue weighted by Crippen LogP contribution is -2.31. The summed E-state index contributed by atoms with van der Waals surface area (Å²) < 4.78 is 0. The van der Waals surface area contributed by atoms with Gasteiger partial charge in [-0.15, -0.1) is 0 Å². The first-order valence-corrected chi connectivity index (χ1v) is 9.21. The molecule has 0 radical (unpaired) electrons. The topological polar surface area (TPSA) is 61.4 Å². The first kappa shape index (κ1) is 17.8. The monoisotopic (exact) mass is 371 g/mol. The van der Waals surface area contributed by atoms with Crippen LogP contribution in [0.25, 0.3) is 0 Å². The first-order valence-electron chi connectivity index (χ1n) is 9.21. The summed E-state index contributed by atoms with van der Waals surface area (Å²) in [5.41, 5.74) is 4.16. The molecular weight excluding hydrogens is 350 g/mol. The summed E-state index contributed by atoms with van der Waals surface area (Å²) in [6.45, 7) is 0. The number of carbonyl (C=O) groups excluding carboxylic acids is 2. The lowest BCUT2D eigenvalue weighted by Gasteiger charge is -2.26. The van der Waals surface area contributed by atoms with Crippen LogP contribution < -0.4 is 15.5 Å². The van der Waals surface area contributed by atoms with E-state index in [4.69, 9.17) is 0 Å². The Bertz CT molecular complexity index is 1020. The van der Waals surface area contributed by atoms with Crippen LogP contribution in [-0.4, -0.2) is 18.9 Å². The van der Waals surface area contributed by atoms with E-state index in [0.29, 0.717) is 11.4 Å². The number of hydrogen-bond acceptors (Lipinski definition) is 3.